The predicted molar refractivity (Wildman–Crippen MR) is 65.8 cm³/mol. The van der Waals surface area contributed by atoms with Gasteiger partial charge in [0.05, 0.1) is 23.4 Å². The lowest BCUT2D eigenvalue weighted by Crippen LogP contribution is -2.13. The molecule has 16 heavy (non-hydrogen) atoms. The van der Waals surface area contributed by atoms with E-state index in [4.69, 9.17) is 5.73 Å². The second kappa shape index (κ2) is 4.37. The molecule has 2 rings (SSSR count). The van der Waals surface area contributed by atoms with Crippen molar-refractivity contribution in [2.75, 3.05) is 19.0 Å². The molecule has 0 spiro atoms. The summed E-state index contributed by atoms with van der Waals surface area (Å²) >= 11 is 0. The Hall–Kier alpha value is -1.81. The van der Waals surface area contributed by atoms with Crippen LogP contribution in [0.4, 0.5) is 5.69 Å². The minimum atomic E-state index is 0.488. The summed E-state index contributed by atoms with van der Waals surface area (Å²) < 4.78 is 2.02. The quantitative estimate of drug-likeness (QED) is 0.843. The van der Waals surface area contributed by atoms with Gasteiger partial charge in [-0.2, -0.15) is 0 Å². The summed E-state index contributed by atoms with van der Waals surface area (Å²) in [4.78, 5) is 6.21. The topological polar surface area (TPSA) is 47.1 Å². The highest BCUT2D eigenvalue weighted by Crippen LogP contribution is 2.23. The summed E-state index contributed by atoms with van der Waals surface area (Å²) in [6.45, 7) is 0.488. The Bertz CT molecular complexity index is 473. The summed E-state index contributed by atoms with van der Waals surface area (Å²) in [5, 5.41) is 0. The average molecular weight is 216 g/mol. The smallest absolute Gasteiger partial charge is 0.0995 e. The molecule has 0 radical (unpaired) electrons. The van der Waals surface area contributed by atoms with Crippen LogP contribution in [0.3, 0.4) is 0 Å². The fraction of sp³-hybridized carbons (Fsp3) is 0.250. The Balaban J connectivity index is 2.55. The van der Waals surface area contributed by atoms with E-state index in [0.29, 0.717) is 6.54 Å². The van der Waals surface area contributed by atoms with Crippen LogP contribution in [0.1, 0.15) is 5.69 Å². The summed E-state index contributed by atoms with van der Waals surface area (Å²) in [5.41, 5.74) is 8.94. The van der Waals surface area contributed by atoms with Gasteiger partial charge in [0.25, 0.3) is 0 Å². The number of anilines is 1. The van der Waals surface area contributed by atoms with Gasteiger partial charge in [0.1, 0.15) is 0 Å². The molecule has 0 aliphatic heterocycles. The number of hydrogen-bond acceptors (Lipinski definition) is 3. The third kappa shape index (κ3) is 1.79. The van der Waals surface area contributed by atoms with Crippen molar-refractivity contribution in [3.8, 4) is 5.69 Å². The average Bonchev–Trinajstić information content (AvgIpc) is 2.76. The van der Waals surface area contributed by atoms with Gasteiger partial charge in [-0.3, -0.25) is 4.57 Å². The Morgan fingerprint density at radius 3 is 2.75 bits per heavy atom. The number of nitrogens with zero attached hydrogens (tertiary/aromatic N) is 3. The molecule has 0 saturated heterocycles. The van der Waals surface area contributed by atoms with Crippen LogP contribution < -0.4 is 10.6 Å². The third-order valence-electron chi connectivity index (χ3n) is 2.55. The second-order valence-electron chi connectivity index (χ2n) is 3.84. The van der Waals surface area contributed by atoms with E-state index in [2.05, 4.69) is 22.0 Å². The van der Waals surface area contributed by atoms with E-state index in [-0.39, 0.29) is 0 Å². The lowest BCUT2D eigenvalue weighted by atomic mass is 10.2. The molecular weight excluding hydrogens is 200 g/mol. The van der Waals surface area contributed by atoms with Gasteiger partial charge in [0.2, 0.25) is 0 Å². The van der Waals surface area contributed by atoms with E-state index in [1.54, 1.807) is 12.5 Å². The first-order chi connectivity index (χ1) is 7.74. The molecule has 0 bridgehead atoms. The zero-order chi connectivity index (χ0) is 11.5. The molecule has 1 aromatic heterocycles. The largest absolute Gasteiger partial charge is 0.376 e. The summed E-state index contributed by atoms with van der Waals surface area (Å²) in [7, 11) is 4.05. The Labute approximate surface area is 95.3 Å². The Morgan fingerprint density at radius 2 is 2.06 bits per heavy atom. The van der Waals surface area contributed by atoms with Crippen molar-refractivity contribution < 1.29 is 0 Å². The van der Waals surface area contributed by atoms with E-state index in [9.17, 15) is 0 Å². The van der Waals surface area contributed by atoms with Gasteiger partial charge < -0.3 is 10.6 Å². The highest BCUT2D eigenvalue weighted by atomic mass is 15.1. The Kier molecular flexibility index (Phi) is 2.92. The van der Waals surface area contributed by atoms with E-state index in [0.717, 1.165) is 17.1 Å². The number of para-hydroxylation sites is 2. The number of rotatable bonds is 3. The van der Waals surface area contributed by atoms with E-state index in [1.165, 1.54) is 0 Å². The zero-order valence-corrected chi connectivity index (χ0v) is 9.59. The first-order valence-electron chi connectivity index (χ1n) is 5.22. The molecule has 1 aromatic carbocycles. The van der Waals surface area contributed by atoms with Crippen LogP contribution in [0.2, 0.25) is 0 Å². The fourth-order valence-corrected chi connectivity index (χ4v) is 1.74. The lowest BCUT2D eigenvalue weighted by Gasteiger charge is -2.18. The van der Waals surface area contributed by atoms with Gasteiger partial charge in [-0.25, -0.2) is 4.98 Å². The summed E-state index contributed by atoms with van der Waals surface area (Å²) in [5.74, 6) is 0. The minimum Gasteiger partial charge on any atom is -0.376 e. The maximum absolute atomic E-state index is 5.68. The number of nitrogens with two attached hydrogens (primary N) is 1. The molecule has 0 saturated carbocycles. The van der Waals surface area contributed by atoms with Gasteiger partial charge in [0, 0.05) is 26.8 Å². The number of aromatic nitrogens is 2. The van der Waals surface area contributed by atoms with Gasteiger partial charge in [-0.15, -0.1) is 0 Å². The molecule has 2 aromatic rings. The van der Waals surface area contributed by atoms with Crippen LogP contribution in [-0.4, -0.2) is 23.6 Å². The fourth-order valence-electron chi connectivity index (χ4n) is 1.74. The van der Waals surface area contributed by atoms with E-state index >= 15 is 0 Å². The van der Waals surface area contributed by atoms with Crippen LogP contribution in [0.5, 0.6) is 0 Å². The van der Waals surface area contributed by atoms with Gasteiger partial charge >= 0.3 is 0 Å². The van der Waals surface area contributed by atoms with Crippen LogP contribution in [0, 0.1) is 0 Å². The van der Waals surface area contributed by atoms with Gasteiger partial charge in [-0.1, -0.05) is 12.1 Å². The first kappa shape index (κ1) is 10.7. The van der Waals surface area contributed by atoms with Crippen LogP contribution in [0.25, 0.3) is 5.69 Å². The Morgan fingerprint density at radius 1 is 1.31 bits per heavy atom. The van der Waals surface area contributed by atoms with Gasteiger partial charge in [0.15, 0.2) is 0 Å². The molecule has 0 aliphatic carbocycles. The van der Waals surface area contributed by atoms with Crippen molar-refractivity contribution >= 4 is 5.69 Å². The summed E-state index contributed by atoms with van der Waals surface area (Å²) in [6, 6.07) is 8.19. The molecule has 4 heteroatoms. The highest BCUT2D eigenvalue weighted by Gasteiger charge is 2.08. The third-order valence-corrected chi connectivity index (χ3v) is 2.55. The maximum Gasteiger partial charge on any atom is 0.0995 e. The first-order valence-corrected chi connectivity index (χ1v) is 5.22. The predicted octanol–water partition coefficient (Wildman–Crippen LogP) is 1.40. The van der Waals surface area contributed by atoms with Crippen molar-refractivity contribution in [2.45, 2.75) is 6.54 Å². The zero-order valence-electron chi connectivity index (χ0n) is 9.59. The van der Waals surface area contributed by atoms with Crippen molar-refractivity contribution in [3.63, 3.8) is 0 Å². The second-order valence-corrected chi connectivity index (χ2v) is 3.84. The molecular formula is C12H16N4. The number of benzene rings is 1. The lowest BCUT2D eigenvalue weighted by molar-refractivity contribution is 0.904. The van der Waals surface area contributed by atoms with E-state index < -0.39 is 0 Å². The molecule has 2 N–H and O–H groups in total. The monoisotopic (exact) mass is 216 g/mol. The molecule has 84 valence electrons. The van der Waals surface area contributed by atoms with Crippen molar-refractivity contribution in [2.24, 2.45) is 5.73 Å². The normalized spacial score (nSPS) is 10.4. The maximum atomic E-state index is 5.68. The van der Waals surface area contributed by atoms with Crippen molar-refractivity contribution in [3.05, 3.63) is 42.5 Å². The van der Waals surface area contributed by atoms with Crippen LogP contribution in [0.15, 0.2) is 36.8 Å². The van der Waals surface area contributed by atoms with Crippen molar-refractivity contribution in [1.82, 2.24) is 9.55 Å². The number of imidazole rings is 1. The molecule has 0 fully saturated rings. The van der Waals surface area contributed by atoms with Crippen molar-refractivity contribution in [1.29, 1.82) is 0 Å². The molecule has 4 nitrogen and oxygen atoms in total. The highest BCUT2D eigenvalue weighted by molar-refractivity contribution is 5.62. The molecule has 0 unspecified atom stereocenters. The van der Waals surface area contributed by atoms with E-state index in [1.807, 2.05) is 30.8 Å². The minimum absolute atomic E-state index is 0.488. The SMILES string of the molecule is CN(C)c1ccccc1-n1cncc1CN. The van der Waals surface area contributed by atoms with Gasteiger partial charge in [-0.05, 0) is 12.1 Å². The van der Waals surface area contributed by atoms with Crippen LogP contribution in [-0.2, 0) is 6.54 Å². The molecule has 0 atom stereocenters. The van der Waals surface area contributed by atoms with Crippen LogP contribution >= 0.6 is 0 Å². The number of hydrogen-bond donors (Lipinski definition) is 1. The molecule has 0 aliphatic rings. The standard InChI is InChI=1S/C12H16N4/c1-15(2)11-5-3-4-6-12(11)16-9-14-8-10(16)7-13/h3-6,8-9H,7,13H2,1-2H3. The summed E-state index contributed by atoms with van der Waals surface area (Å²) in [6.07, 6.45) is 3.59. The molecule has 1 heterocycles. The molecule has 0 amide bonds.